The second kappa shape index (κ2) is 6.33. The summed E-state index contributed by atoms with van der Waals surface area (Å²) >= 11 is 7.46. The van der Waals surface area contributed by atoms with Gasteiger partial charge in [-0.1, -0.05) is 0 Å². The quantitative estimate of drug-likeness (QED) is 0.348. The fourth-order valence-electron chi connectivity index (χ4n) is 0.0772. The monoisotopic (exact) mass is 237 g/mol. The summed E-state index contributed by atoms with van der Waals surface area (Å²) in [5.41, 5.74) is 0. The van der Waals surface area contributed by atoms with Crippen molar-refractivity contribution in [1.82, 2.24) is 4.72 Å². The number of rotatable bonds is 3. The molecule has 4 heteroatoms. The van der Waals surface area contributed by atoms with Gasteiger partial charge in [0.2, 0.25) is 0 Å². The van der Waals surface area contributed by atoms with Gasteiger partial charge in [0.25, 0.3) is 0 Å². The summed E-state index contributed by atoms with van der Waals surface area (Å²) in [4.78, 5) is 0. The van der Waals surface area contributed by atoms with Crippen molar-refractivity contribution in [1.29, 1.82) is 0 Å². The lowest BCUT2D eigenvalue weighted by atomic mass is 10.8. The molecule has 0 bridgehead atoms. The molecule has 0 heterocycles. The van der Waals surface area contributed by atoms with Crippen molar-refractivity contribution in [3.8, 4) is 0 Å². The highest BCUT2D eigenvalue weighted by Crippen LogP contribution is 2.02. The van der Waals surface area contributed by atoms with Crippen molar-refractivity contribution in [2.75, 3.05) is 12.4 Å². The van der Waals surface area contributed by atoms with E-state index in [-0.39, 0.29) is 0 Å². The normalized spacial score (nSPS) is 9.00. The first-order valence-corrected chi connectivity index (χ1v) is 5.37. The summed E-state index contributed by atoms with van der Waals surface area (Å²) in [5, 5.41) is 0. The number of alkyl halides is 1. The summed E-state index contributed by atoms with van der Waals surface area (Å²) in [6.45, 7) is 0.884. The lowest BCUT2D eigenvalue weighted by Gasteiger charge is -1.87. The Balaban J connectivity index is 2.34. The highest BCUT2D eigenvalue weighted by atomic mass is 127. The van der Waals surface area contributed by atoms with Crippen LogP contribution in [0.25, 0.3) is 0 Å². The summed E-state index contributed by atoms with van der Waals surface area (Å²) in [6.07, 6.45) is 0. The second-order valence-electron chi connectivity index (χ2n) is 0.660. The number of hydrogen-bond donors (Lipinski definition) is 1. The molecule has 1 N–H and O–H groups in total. The summed E-state index contributed by atoms with van der Waals surface area (Å²) in [5.74, 6) is 0.690. The van der Waals surface area contributed by atoms with Crippen molar-refractivity contribution in [2.24, 2.45) is 0 Å². The van der Waals surface area contributed by atoms with Crippen LogP contribution in [0.3, 0.4) is 0 Å². The lowest BCUT2D eigenvalue weighted by molar-refractivity contribution is 1.05. The molecule has 0 fully saturated rings. The van der Waals surface area contributed by atoms with Gasteiger partial charge >= 0.3 is 0 Å². The molecular formula is C2H5ClINS. The molecular weight excluding hydrogens is 232 g/mol. The lowest BCUT2D eigenvalue weighted by Crippen LogP contribution is -2.02. The first-order chi connectivity index (χ1) is 2.91. The molecule has 0 atom stereocenters. The van der Waals surface area contributed by atoms with Crippen LogP contribution in [-0.2, 0) is 0 Å². The van der Waals surface area contributed by atoms with E-state index >= 15 is 0 Å². The number of hydrogen-bond acceptors (Lipinski definition) is 2. The molecule has 6 heavy (non-hydrogen) atoms. The molecule has 0 unspecified atom stereocenters. The molecule has 0 aliphatic rings. The third-order valence-electron chi connectivity index (χ3n) is 0.251. The molecule has 0 amide bonds. The van der Waals surface area contributed by atoms with Crippen LogP contribution in [0.2, 0.25) is 0 Å². The van der Waals surface area contributed by atoms with E-state index in [4.69, 9.17) is 11.6 Å². The fraction of sp³-hybridized carbons (Fsp3) is 1.00. The van der Waals surface area contributed by atoms with Crippen LogP contribution in [0.1, 0.15) is 0 Å². The van der Waals surface area contributed by atoms with E-state index in [1.807, 2.05) is 0 Å². The van der Waals surface area contributed by atoms with Gasteiger partial charge in [0.1, 0.15) is 0 Å². The van der Waals surface area contributed by atoms with Crippen LogP contribution in [0.4, 0.5) is 0 Å². The molecule has 0 saturated carbocycles. The molecule has 0 aromatic carbocycles. The van der Waals surface area contributed by atoms with Crippen molar-refractivity contribution >= 4 is 41.9 Å². The molecule has 0 aromatic heterocycles. The van der Waals surface area contributed by atoms with Gasteiger partial charge in [-0.25, -0.2) is 0 Å². The van der Waals surface area contributed by atoms with Gasteiger partial charge in [0, 0.05) is 33.6 Å². The van der Waals surface area contributed by atoms with Crippen LogP contribution < -0.4 is 4.72 Å². The molecule has 0 aliphatic heterocycles. The predicted molar refractivity (Wildman–Crippen MR) is 40.3 cm³/mol. The maximum atomic E-state index is 5.30. The Morgan fingerprint density at radius 2 is 2.50 bits per heavy atom. The van der Waals surface area contributed by atoms with Gasteiger partial charge < -0.3 is 0 Å². The van der Waals surface area contributed by atoms with Crippen LogP contribution in [-0.4, -0.2) is 12.4 Å². The van der Waals surface area contributed by atoms with Crippen molar-refractivity contribution in [2.45, 2.75) is 0 Å². The van der Waals surface area contributed by atoms with E-state index in [9.17, 15) is 0 Å². The fourth-order valence-corrected chi connectivity index (χ4v) is 1.12. The Hall–Kier alpha value is 1.33. The molecule has 0 aliphatic carbocycles. The topological polar surface area (TPSA) is 12.0 Å². The summed E-state index contributed by atoms with van der Waals surface area (Å²) in [6, 6.07) is 0. The average molecular weight is 237 g/mol. The van der Waals surface area contributed by atoms with E-state index in [1.165, 1.54) is 0 Å². The van der Waals surface area contributed by atoms with Crippen LogP contribution in [0.5, 0.6) is 0 Å². The summed E-state index contributed by atoms with van der Waals surface area (Å²) in [7, 11) is 1.56. The van der Waals surface area contributed by atoms with Crippen molar-refractivity contribution in [3.05, 3.63) is 0 Å². The largest absolute Gasteiger partial charge is 0.254 e. The molecule has 0 spiro atoms. The van der Waals surface area contributed by atoms with Crippen LogP contribution in [0, 0.1) is 0 Å². The molecule has 0 radical (unpaired) electrons. The molecule has 0 saturated heterocycles. The highest BCUT2D eigenvalue weighted by molar-refractivity contribution is 14.2. The zero-order valence-electron chi connectivity index (χ0n) is 3.08. The van der Waals surface area contributed by atoms with Gasteiger partial charge in [-0.05, 0) is 9.12 Å². The van der Waals surface area contributed by atoms with Crippen molar-refractivity contribution < 1.29 is 0 Å². The predicted octanol–water partition coefficient (Wildman–Crippen LogP) is 1.81. The second-order valence-corrected chi connectivity index (χ2v) is 2.80. The Bertz CT molecular complexity index is 25.5. The number of nitrogens with one attached hydrogen (secondary N) is 1. The molecule has 0 rings (SSSR count). The van der Waals surface area contributed by atoms with E-state index in [0.717, 1.165) is 6.54 Å². The Kier molecular flexibility index (Phi) is 7.73. The number of halogens is 2. The smallest absolute Gasteiger partial charge is 0.0358 e. The molecule has 1 nitrogen and oxygen atoms in total. The Morgan fingerprint density at radius 3 is 2.67 bits per heavy atom. The van der Waals surface area contributed by atoms with Crippen LogP contribution in [0.15, 0.2) is 0 Å². The van der Waals surface area contributed by atoms with Gasteiger partial charge in [-0.15, -0.1) is 11.6 Å². The maximum Gasteiger partial charge on any atom is 0.0358 e. The van der Waals surface area contributed by atoms with E-state index in [0.29, 0.717) is 5.88 Å². The first-order valence-electron chi connectivity index (χ1n) is 1.48. The molecule has 0 aromatic rings. The van der Waals surface area contributed by atoms with Gasteiger partial charge in [-0.3, -0.25) is 4.72 Å². The van der Waals surface area contributed by atoms with Crippen molar-refractivity contribution in [3.63, 3.8) is 0 Å². The molecule has 38 valence electrons. The van der Waals surface area contributed by atoms with Gasteiger partial charge in [0.05, 0.1) is 0 Å². The standard InChI is InChI=1S/C2H5ClINS/c3-1-2-5-6-4/h5H,1-2H2. The Labute approximate surface area is 58.9 Å². The zero-order valence-corrected chi connectivity index (χ0v) is 6.81. The Morgan fingerprint density at radius 1 is 1.83 bits per heavy atom. The van der Waals surface area contributed by atoms with E-state index < -0.39 is 0 Å². The minimum absolute atomic E-state index is 0.690. The average Bonchev–Trinajstić information content (AvgIpc) is 1.61. The van der Waals surface area contributed by atoms with E-state index in [2.05, 4.69) is 25.9 Å². The first kappa shape index (κ1) is 7.33. The third kappa shape index (κ3) is 5.33. The van der Waals surface area contributed by atoms with E-state index in [1.54, 1.807) is 9.12 Å². The minimum Gasteiger partial charge on any atom is -0.254 e. The SMILES string of the molecule is ClCCNSI. The van der Waals surface area contributed by atoms with Gasteiger partial charge in [0.15, 0.2) is 0 Å². The summed E-state index contributed by atoms with van der Waals surface area (Å²) < 4.78 is 2.97. The zero-order chi connectivity index (χ0) is 4.83. The minimum atomic E-state index is 0.690. The maximum absolute atomic E-state index is 5.30. The van der Waals surface area contributed by atoms with Gasteiger partial charge in [-0.2, -0.15) is 0 Å². The highest BCUT2D eigenvalue weighted by Gasteiger charge is 1.75. The third-order valence-corrected chi connectivity index (χ3v) is 1.69. The van der Waals surface area contributed by atoms with Crippen LogP contribution >= 0.6 is 41.9 Å².